The monoisotopic (exact) mass is 272 g/mol. The van der Waals surface area contributed by atoms with Crippen LogP contribution >= 0.6 is 0 Å². The summed E-state index contributed by atoms with van der Waals surface area (Å²) in [6, 6.07) is 8.97. The lowest BCUT2D eigenvalue weighted by Crippen LogP contribution is -2.43. The van der Waals surface area contributed by atoms with Gasteiger partial charge in [0.25, 0.3) is 0 Å². The van der Waals surface area contributed by atoms with E-state index in [1.165, 1.54) is 44.5 Å². The van der Waals surface area contributed by atoms with Crippen LogP contribution in [-0.2, 0) is 6.54 Å². The molecule has 2 aliphatic rings. The van der Waals surface area contributed by atoms with Gasteiger partial charge in [-0.15, -0.1) is 0 Å². The van der Waals surface area contributed by atoms with E-state index >= 15 is 0 Å². The molecule has 0 aromatic heterocycles. The van der Waals surface area contributed by atoms with Crippen molar-refractivity contribution in [2.75, 3.05) is 26.2 Å². The Morgan fingerprint density at radius 1 is 1.25 bits per heavy atom. The third kappa shape index (κ3) is 2.91. The second-order valence-electron chi connectivity index (χ2n) is 6.99. The van der Waals surface area contributed by atoms with E-state index in [0.29, 0.717) is 11.3 Å². The van der Waals surface area contributed by atoms with Gasteiger partial charge >= 0.3 is 0 Å². The second-order valence-corrected chi connectivity index (χ2v) is 6.99. The molecule has 1 saturated heterocycles. The highest BCUT2D eigenvalue weighted by atomic mass is 15.1. The van der Waals surface area contributed by atoms with Crippen molar-refractivity contribution in [1.29, 1.82) is 0 Å². The molecule has 0 saturated carbocycles. The molecule has 1 aromatic rings. The predicted octanol–water partition coefficient (Wildman–Crippen LogP) is 3.39. The van der Waals surface area contributed by atoms with Crippen molar-refractivity contribution in [2.24, 2.45) is 5.41 Å². The standard InChI is InChI=1S/C18H28N2/c1-3-18(2)8-10-20(11-9-18)14-16-13-19-12-15-6-4-5-7-17(15)16/h4-7,16,19H,3,8-14H2,1-2H3. The van der Waals surface area contributed by atoms with Crippen molar-refractivity contribution < 1.29 is 0 Å². The Morgan fingerprint density at radius 3 is 2.75 bits per heavy atom. The highest BCUT2D eigenvalue weighted by Gasteiger charge is 2.30. The summed E-state index contributed by atoms with van der Waals surface area (Å²) in [5.41, 5.74) is 3.67. The first-order chi connectivity index (χ1) is 9.70. The number of benzene rings is 1. The fourth-order valence-electron chi connectivity index (χ4n) is 3.69. The molecule has 1 atom stereocenters. The first kappa shape index (κ1) is 14.1. The molecule has 2 aliphatic heterocycles. The summed E-state index contributed by atoms with van der Waals surface area (Å²) >= 11 is 0. The molecule has 0 spiro atoms. The van der Waals surface area contributed by atoms with E-state index in [0.717, 1.165) is 13.1 Å². The minimum absolute atomic E-state index is 0.596. The fraction of sp³-hybridized carbons (Fsp3) is 0.667. The summed E-state index contributed by atoms with van der Waals surface area (Å²) in [5.74, 6) is 0.672. The number of rotatable bonds is 3. The second kappa shape index (κ2) is 5.87. The lowest BCUT2D eigenvalue weighted by atomic mass is 9.78. The summed E-state index contributed by atoms with van der Waals surface area (Å²) in [6.07, 6.45) is 4.06. The van der Waals surface area contributed by atoms with Crippen LogP contribution in [0, 0.1) is 5.41 Å². The Labute approximate surface area is 123 Å². The van der Waals surface area contributed by atoms with E-state index in [4.69, 9.17) is 0 Å². The van der Waals surface area contributed by atoms with Crippen LogP contribution in [0.4, 0.5) is 0 Å². The van der Waals surface area contributed by atoms with Crippen molar-refractivity contribution in [1.82, 2.24) is 10.2 Å². The van der Waals surface area contributed by atoms with Crippen LogP contribution in [0.15, 0.2) is 24.3 Å². The highest BCUT2D eigenvalue weighted by Crippen LogP contribution is 2.35. The summed E-state index contributed by atoms with van der Waals surface area (Å²) in [6.45, 7) is 10.8. The van der Waals surface area contributed by atoms with Crippen LogP contribution in [0.1, 0.15) is 50.2 Å². The van der Waals surface area contributed by atoms with Crippen molar-refractivity contribution >= 4 is 0 Å². The number of piperidine rings is 1. The van der Waals surface area contributed by atoms with Gasteiger partial charge in [0.05, 0.1) is 0 Å². The Kier molecular flexibility index (Phi) is 4.13. The summed E-state index contributed by atoms with van der Waals surface area (Å²) < 4.78 is 0. The SMILES string of the molecule is CCC1(C)CCN(CC2CNCc3ccccc32)CC1. The molecule has 110 valence electrons. The van der Waals surface area contributed by atoms with Gasteiger partial charge in [0.1, 0.15) is 0 Å². The van der Waals surface area contributed by atoms with Crippen molar-refractivity contribution in [2.45, 2.75) is 45.6 Å². The van der Waals surface area contributed by atoms with Crippen LogP contribution in [0.3, 0.4) is 0 Å². The third-order valence-corrected chi connectivity index (χ3v) is 5.60. The van der Waals surface area contributed by atoms with Gasteiger partial charge in [-0.25, -0.2) is 0 Å². The molecule has 0 amide bonds. The number of likely N-dealkylation sites (tertiary alicyclic amines) is 1. The molecule has 1 unspecified atom stereocenters. The molecule has 1 N–H and O–H groups in total. The zero-order valence-corrected chi connectivity index (χ0v) is 13.0. The minimum atomic E-state index is 0.596. The van der Waals surface area contributed by atoms with Crippen LogP contribution in [0.2, 0.25) is 0 Å². The number of nitrogens with one attached hydrogen (secondary N) is 1. The van der Waals surface area contributed by atoms with E-state index < -0.39 is 0 Å². The van der Waals surface area contributed by atoms with E-state index in [1.807, 2.05) is 0 Å². The van der Waals surface area contributed by atoms with Gasteiger partial charge in [0.2, 0.25) is 0 Å². The Morgan fingerprint density at radius 2 is 2.00 bits per heavy atom. The quantitative estimate of drug-likeness (QED) is 0.907. The van der Waals surface area contributed by atoms with E-state index in [-0.39, 0.29) is 0 Å². The Balaban J connectivity index is 1.63. The summed E-state index contributed by atoms with van der Waals surface area (Å²) in [5, 5.41) is 3.58. The van der Waals surface area contributed by atoms with Crippen molar-refractivity contribution in [3.63, 3.8) is 0 Å². The van der Waals surface area contributed by atoms with Crippen molar-refractivity contribution in [3.05, 3.63) is 35.4 Å². The topological polar surface area (TPSA) is 15.3 Å². The lowest BCUT2D eigenvalue weighted by molar-refractivity contribution is 0.108. The molecule has 3 rings (SSSR count). The number of nitrogens with zero attached hydrogens (tertiary/aromatic N) is 1. The summed E-state index contributed by atoms with van der Waals surface area (Å²) in [4.78, 5) is 2.69. The molecular weight excluding hydrogens is 244 g/mol. The number of hydrogen-bond donors (Lipinski definition) is 1. The largest absolute Gasteiger partial charge is 0.312 e. The minimum Gasteiger partial charge on any atom is -0.312 e. The van der Waals surface area contributed by atoms with Crippen LogP contribution < -0.4 is 5.32 Å². The smallest absolute Gasteiger partial charge is 0.0208 e. The van der Waals surface area contributed by atoms with Gasteiger partial charge in [-0.05, 0) is 42.5 Å². The van der Waals surface area contributed by atoms with Gasteiger partial charge in [-0.3, -0.25) is 0 Å². The maximum Gasteiger partial charge on any atom is 0.0208 e. The molecule has 2 nitrogen and oxygen atoms in total. The zero-order valence-electron chi connectivity index (χ0n) is 13.0. The van der Waals surface area contributed by atoms with E-state index in [1.54, 1.807) is 5.56 Å². The number of hydrogen-bond acceptors (Lipinski definition) is 2. The molecule has 2 heteroatoms. The van der Waals surface area contributed by atoms with Gasteiger partial charge < -0.3 is 10.2 Å². The molecule has 20 heavy (non-hydrogen) atoms. The molecule has 1 fully saturated rings. The third-order valence-electron chi connectivity index (χ3n) is 5.60. The molecule has 0 bridgehead atoms. The van der Waals surface area contributed by atoms with E-state index in [9.17, 15) is 0 Å². The van der Waals surface area contributed by atoms with Crippen molar-refractivity contribution in [3.8, 4) is 0 Å². The average molecular weight is 272 g/mol. The molecule has 0 radical (unpaired) electrons. The normalized spacial score (nSPS) is 26.2. The molecule has 2 heterocycles. The highest BCUT2D eigenvalue weighted by molar-refractivity contribution is 5.32. The molecule has 0 aliphatic carbocycles. The maximum atomic E-state index is 3.58. The first-order valence-corrected chi connectivity index (χ1v) is 8.21. The van der Waals surface area contributed by atoms with Crippen LogP contribution in [0.5, 0.6) is 0 Å². The van der Waals surface area contributed by atoms with Gasteiger partial charge in [-0.2, -0.15) is 0 Å². The molecule has 1 aromatic carbocycles. The lowest BCUT2D eigenvalue weighted by Gasteiger charge is -2.41. The van der Waals surface area contributed by atoms with Crippen LogP contribution in [-0.4, -0.2) is 31.1 Å². The average Bonchev–Trinajstić information content (AvgIpc) is 2.50. The van der Waals surface area contributed by atoms with Gasteiger partial charge in [0.15, 0.2) is 0 Å². The van der Waals surface area contributed by atoms with Gasteiger partial charge in [-0.1, -0.05) is 44.5 Å². The Hall–Kier alpha value is -0.860. The van der Waals surface area contributed by atoms with Crippen LogP contribution in [0.25, 0.3) is 0 Å². The Bertz CT molecular complexity index is 446. The predicted molar refractivity (Wildman–Crippen MR) is 85.0 cm³/mol. The zero-order chi connectivity index (χ0) is 14.0. The summed E-state index contributed by atoms with van der Waals surface area (Å²) in [7, 11) is 0. The number of fused-ring (bicyclic) bond motifs is 1. The maximum absolute atomic E-state index is 3.58. The van der Waals surface area contributed by atoms with E-state index in [2.05, 4.69) is 48.3 Å². The van der Waals surface area contributed by atoms with Gasteiger partial charge in [0, 0.05) is 25.6 Å². The molecular formula is C18H28N2. The first-order valence-electron chi connectivity index (χ1n) is 8.21. The fourth-order valence-corrected chi connectivity index (χ4v) is 3.69.